The van der Waals surface area contributed by atoms with E-state index in [1.54, 1.807) is 18.2 Å². The molecular weight excluding hydrogens is 298 g/mol. The number of aliphatic carboxylic acids is 1. The first-order valence-corrected chi connectivity index (χ1v) is 7.70. The van der Waals surface area contributed by atoms with Crippen LogP contribution in [0.2, 0.25) is 0 Å². The quantitative estimate of drug-likeness (QED) is 0.533. The van der Waals surface area contributed by atoms with E-state index in [-0.39, 0.29) is 23.6 Å². The van der Waals surface area contributed by atoms with Gasteiger partial charge in [0.1, 0.15) is 17.8 Å². The second kappa shape index (κ2) is 7.43. The highest BCUT2D eigenvalue weighted by atomic mass is 16.4. The van der Waals surface area contributed by atoms with E-state index in [1.165, 1.54) is 0 Å². The number of carbonyl (C=O) groups is 2. The molecule has 23 heavy (non-hydrogen) atoms. The van der Waals surface area contributed by atoms with Gasteiger partial charge in [-0.25, -0.2) is 15.6 Å². The molecule has 0 saturated carbocycles. The molecule has 126 valence electrons. The summed E-state index contributed by atoms with van der Waals surface area (Å²) in [6.07, 6.45) is 0.807. The highest BCUT2D eigenvalue weighted by Crippen LogP contribution is 2.29. The Bertz CT molecular complexity index is 576. The van der Waals surface area contributed by atoms with Gasteiger partial charge in [-0.05, 0) is 24.8 Å². The number of rotatable bonds is 6. The van der Waals surface area contributed by atoms with Gasteiger partial charge in [-0.2, -0.15) is 0 Å². The topological polar surface area (TPSA) is 111 Å². The molecule has 7 nitrogen and oxygen atoms in total. The number of para-hydroxylation sites is 1. The molecule has 0 radical (unpaired) electrons. The maximum atomic E-state index is 12.3. The highest BCUT2D eigenvalue weighted by Gasteiger charge is 2.33. The highest BCUT2D eigenvalue weighted by molar-refractivity contribution is 5.87. The van der Waals surface area contributed by atoms with E-state index in [9.17, 15) is 19.8 Å². The first kappa shape index (κ1) is 17.2. The number of aromatic hydroxyl groups is 1. The zero-order chi connectivity index (χ0) is 17.0. The number of phenols is 1. The summed E-state index contributed by atoms with van der Waals surface area (Å²) < 4.78 is 0. The summed E-state index contributed by atoms with van der Waals surface area (Å²) in [6.45, 7) is 3.82. The maximum Gasteiger partial charge on any atom is 0.326 e. The van der Waals surface area contributed by atoms with Crippen molar-refractivity contribution in [2.45, 2.75) is 44.8 Å². The van der Waals surface area contributed by atoms with Gasteiger partial charge in [0.05, 0.1) is 6.04 Å². The Morgan fingerprint density at radius 2 is 2.00 bits per heavy atom. The second-order valence-corrected chi connectivity index (χ2v) is 6.22. The third kappa shape index (κ3) is 4.43. The van der Waals surface area contributed by atoms with Gasteiger partial charge in [0.25, 0.3) is 0 Å². The number of phenolic OH excluding ortho intramolecular Hbond substituents is 1. The molecule has 1 fully saturated rings. The molecule has 2 unspecified atom stereocenters. The zero-order valence-corrected chi connectivity index (χ0v) is 13.2. The maximum absolute atomic E-state index is 12.3. The van der Waals surface area contributed by atoms with E-state index in [2.05, 4.69) is 16.2 Å². The number of nitrogens with one attached hydrogen (secondary N) is 3. The van der Waals surface area contributed by atoms with Crippen LogP contribution in [-0.2, 0) is 9.59 Å². The molecule has 1 aliphatic rings. The van der Waals surface area contributed by atoms with Gasteiger partial charge in [0.15, 0.2) is 0 Å². The molecule has 1 aromatic rings. The van der Waals surface area contributed by atoms with Crippen molar-refractivity contribution >= 4 is 11.9 Å². The van der Waals surface area contributed by atoms with Gasteiger partial charge in [-0.3, -0.25) is 4.79 Å². The van der Waals surface area contributed by atoms with Gasteiger partial charge in [-0.1, -0.05) is 32.0 Å². The largest absolute Gasteiger partial charge is 0.508 e. The summed E-state index contributed by atoms with van der Waals surface area (Å²) in [5.41, 5.74) is 6.53. The van der Waals surface area contributed by atoms with E-state index in [4.69, 9.17) is 0 Å². The van der Waals surface area contributed by atoms with Crippen molar-refractivity contribution in [3.8, 4) is 5.75 Å². The summed E-state index contributed by atoms with van der Waals surface area (Å²) in [4.78, 5) is 23.5. The van der Waals surface area contributed by atoms with Crippen LogP contribution < -0.4 is 16.2 Å². The molecule has 7 heteroatoms. The summed E-state index contributed by atoms with van der Waals surface area (Å²) >= 11 is 0. The SMILES string of the molecule is CC(C)C[C@@H](NC(=O)C1CC(c2ccccc2O)NN1)C(=O)O. The van der Waals surface area contributed by atoms with Crippen molar-refractivity contribution in [1.82, 2.24) is 16.2 Å². The minimum Gasteiger partial charge on any atom is -0.508 e. The van der Waals surface area contributed by atoms with E-state index in [1.807, 2.05) is 19.9 Å². The minimum atomic E-state index is -1.03. The van der Waals surface area contributed by atoms with Crippen molar-refractivity contribution < 1.29 is 19.8 Å². The van der Waals surface area contributed by atoms with Gasteiger partial charge in [-0.15, -0.1) is 0 Å². The predicted molar refractivity (Wildman–Crippen MR) is 84.5 cm³/mol. The molecule has 1 saturated heterocycles. The molecule has 0 bridgehead atoms. The number of hydrazine groups is 1. The van der Waals surface area contributed by atoms with Crippen molar-refractivity contribution in [2.24, 2.45) is 5.92 Å². The molecule has 0 spiro atoms. The first-order valence-electron chi connectivity index (χ1n) is 7.70. The summed E-state index contributed by atoms with van der Waals surface area (Å²) in [5, 5.41) is 21.6. The Morgan fingerprint density at radius 3 is 2.61 bits per heavy atom. The normalized spacial score (nSPS) is 22.0. The van der Waals surface area contributed by atoms with Gasteiger partial charge in [0, 0.05) is 5.56 Å². The number of amides is 1. The van der Waals surface area contributed by atoms with Crippen LogP contribution in [0.5, 0.6) is 5.75 Å². The number of carboxylic acids is 1. The molecule has 0 aromatic heterocycles. The number of carboxylic acid groups (broad SMARTS) is 1. The average molecular weight is 321 g/mol. The Morgan fingerprint density at radius 1 is 1.30 bits per heavy atom. The monoisotopic (exact) mass is 321 g/mol. The standard InChI is InChI=1S/C16H23N3O4/c1-9(2)7-13(16(22)23)17-15(21)12-8-11(18-19-12)10-5-3-4-6-14(10)20/h3-6,9,11-13,18-20H,7-8H2,1-2H3,(H,17,21)(H,22,23)/t11?,12?,13-/m1/s1. The Hall–Kier alpha value is -2.12. The van der Waals surface area contributed by atoms with Crippen LogP contribution in [0.1, 0.15) is 38.3 Å². The Balaban J connectivity index is 1.97. The van der Waals surface area contributed by atoms with Gasteiger partial charge >= 0.3 is 5.97 Å². The molecule has 5 N–H and O–H groups in total. The molecule has 0 aliphatic carbocycles. The molecule has 3 atom stereocenters. The van der Waals surface area contributed by atoms with E-state index >= 15 is 0 Å². The van der Waals surface area contributed by atoms with Crippen molar-refractivity contribution in [2.75, 3.05) is 0 Å². The third-order valence-corrected chi connectivity index (χ3v) is 3.85. The van der Waals surface area contributed by atoms with Crippen LogP contribution in [-0.4, -0.2) is 34.2 Å². The smallest absolute Gasteiger partial charge is 0.326 e. The molecule has 1 amide bonds. The fourth-order valence-electron chi connectivity index (χ4n) is 2.68. The van der Waals surface area contributed by atoms with Crippen molar-refractivity contribution in [1.29, 1.82) is 0 Å². The van der Waals surface area contributed by atoms with Crippen LogP contribution in [0.25, 0.3) is 0 Å². The van der Waals surface area contributed by atoms with Crippen LogP contribution in [0.4, 0.5) is 0 Å². The van der Waals surface area contributed by atoms with Crippen LogP contribution in [0, 0.1) is 5.92 Å². The summed E-state index contributed by atoms with van der Waals surface area (Å²) in [7, 11) is 0. The van der Waals surface area contributed by atoms with E-state index in [0.29, 0.717) is 18.4 Å². The minimum absolute atomic E-state index is 0.163. The number of hydrogen-bond donors (Lipinski definition) is 5. The average Bonchev–Trinajstić information content (AvgIpc) is 2.96. The van der Waals surface area contributed by atoms with Crippen LogP contribution in [0.3, 0.4) is 0 Å². The van der Waals surface area contributed by atoms with Gasteiger partial charge < -0.3 is 15.5 Å². The summed E-state index contributed by atoms with van der Waals surface area (Å²) in [5.74, 6) is -1.06. The van der Waals surface area contributed by atoms with Crippen molar-refractivity contribution in [3.63, 3.8) is 0 Å². The lowest BCUT2D eigenvalue weighted by Gasteiger charge is -2.18. The Labute approximate surface area is 135 Å². The second-order valence-electron chi connectivity index (χ2n) is 6.22. The first-order chi connectivity index (χ1) is 10.9. The molecule has 1 aromatic carbocycles. The van der Waals surface area contributed by atoms with Crippen LogP contribution in [0.15, 0.2) is 24.3 Å². The lowest BCUT2D eigenvalue weighted by atomic mass is 10.00. The Kier molecular flexibility index (Phi) is 5.57. The van der Waals surface area contributed by atoms with Gasteiger partial charge in [0.2, 0.25) is 5.91 Å². The number of carbonyl (C=O) groups excluding carboxylic acids is 1. The molecule has 1 aliphatic heterocycles. The fourth-order valence-corrected chi connectivity index (χ4v) is 2.68. The van der Waals surface area contributed by atoms with Crippen molar-refractivity contribution in [3.05, 3.63) is 29.8 Å². The molecular formula is C16H23N3O4. The summed E-state index contributed by atoms with van der Waals surface area (Å²) in [6, 6.07) is 5.27. The molecule has 2 rings (SSSR count). The van der Waals surface area contributed by atoms with Crippen LogP contribution >= 0.6 is 0 Å². The van der Waals surface area contributed by atoms with E-state index < -0.39 is 18.1 Å². The van der Waals surface area contributed by atoms with E-state index in [0.717, 1.165) is 0 Å². The number of benzene rings is 1. The third-order valence-electron chi connectivity index (χ3n) is 3.85. The number of hydrogen-bond acceptors (Lipinski definition) is 5. The predicted octanol–water partition coefficient (Wildman–Crippen LogP) is 0.915. The molecule has 1 heterocycles. The zero-order valence-electron chi connectivity index (χ0n) is 13.2. The lowest BCUT2D eigenvalue weighted by Crippen LogP contribution is -2.49. The lowest BCUT2D eigenvalue weighted by molar-refractivity contribution is -0.142. The fraction of sp³-hybridized carbons (Fsp3) is 0.500.